The summed E-state index contributed by atoms with van der Waals surface area (Å²) in [6.45, 7) is 0.571. The monoisotopic (exact) mass is 309 g/mol. The highest BCUT2D eigenvalue weighted by Gasteiger charge is 2.52. The first-order chi connectivity index (χ1) is 10.6. The van der Waals surface area contributed by atoms with Crippen molar-refractivity contribution in [3.8, 4) is 0 Å². The summed E-state index contributed by atoms with van der Waals surface area (Å²) in [7, 11) is 0. The van der Waals surface area contributed by atoms with E-state index >= 15 is 0 Å². The van der Waals surface area contributed by atoms with E-state index in [1.807, 2.05) is 30.3 Å². The van der Waals surface area contributed by atoms with Crippen molar-refractivity contribution in [2.24, 2.45) is 11.8 Å². The molecule has 22 heavy (non-hydrogen) atoms. The van der Waals surface area contributed by atoms with Gasteiger partial charge >= 0.3 is 0 Å². The van der Waals surface area contributed by atoms with Crippen LogP contribution in [0.15, 0.2) is 30.3 Å². The topological polar surface area (TPSA) is 93.4 Å². The maximum Gasteiger partial charge on any atom is 0.103 e. The molecule has 1 aromatic carbocycles. The average molecular weight is 309 g/mol. The summed E-state index contributed by atoms with van der Waals surface area (Å²) in [5.41, 5.74) is 1.09. The smallest absolute Gasteiger partial charge is 0.103 e. The molecule has 6 heteroatoms. The lowest BCUT2D eigenvalue weighted by Gasteiger charge is -2.30. The van der Waals surface area contributed by atoms with Crippen LogP contribution in [0.4, 0.5) is 0 Å². The zero-order valence-corrected chi connectivity index (χ0v) is 12.3. The highest BCUT2D eigenvalue weighted by atomic mass is 16.7. The van der Waals surface area contributed by atoms with Crippen LogP contribution in [0.3, 0.4) is 0 Å². The van der Waals surface area contributed by atoms with Crippen LogP contribution in [0, 0.1) is 11.8 Å². The molecular formula is C16H23NO5. The van der Waals surface area contributed by atoms with E-state index in [1.165, 1.54) is 0 Å². The summed E-state index contributed by atoms with van der Waals surface area (Å²) in [6, 6.07) is 9.67. The third kappa shape index (κ3) is 2.90. The van der Waals surface area contributed by atoms with Gasteiger partial charge in [0.15, 0.2) is 0 Å². The zero-order chi connectivity index (χ0) is 15.7. The lowest BCUT2D eigenvalue weighted by atomic mass is 9.93. The Morgan fingerprint density at radius 1 is 1.23 bits per heavy atom. The number of hydrogen-bond acceptors (Lipinski definition) is 6. The zero-order valence-electron chi connectivity index (χ0n) is 12.3. The van der Waals surface area contributed by atoms with Crippen molar-refractivity contribution in [2.45, 2.75) is 37.3 Å². The fraction of sp³-hybridized carbons (Fsp3) is 0.625. The van der Waals surface area contributed by atoms with Gasteiger partial charge in [0.25, 0.3) is 0 Å². The predicted octanol–water partition coefficient (Wildman–Crippen LogP) is -0.487. The van der Waals surface area contributed by atoms with Crippen LogP contribution in [0.1, 0.15) is 12.0 Å². The molecule has 2 fully saturated rings. The van der Waals surface area contributed by atoms with E-state index in [0.29, 0.717) is 19.6 Å². The molecule has 1 saturated heterocycles. The van der Waals surface area contributed by atoms with Gasteiger partial charge in [-0.2, -0.15) is 5.06 Å². The molecule has 122 valence electrons. The van der Waals surface area contributed by atoms with Gasteiger partial charge in [0, 0.05) is 18.4 Å². The Labute approximate surface area is 129 Å². The molecule has 6 nitrogen and oxygen atoms in total. The minimum absolute atomic E-state index is 0.129. The SMILES string of the molecule is OCC(O)C(O)[C@@H]1C[C@@H]2CON(Cc3ccccc3)[C@@H]2[C@@H]1O. The first-order valence-corrected chi connectivity index (χ1v) is 7.70. The second-order valence-electron chi connectivity index (χ2n) is 6.24. The number of rotatable bonds is 5. The van der Waals surface area contributed by atoms with Crippen LogP contribution < -0.4 is 0 Å². The van der Waals surface area contributed by atoms with Gasteiger partial charge in [-0.3, -0.25) is 4.84 Å². The number of nitrogens with zero attached hydrogens (tertiary/aromatic N) is 1. The highest BCUT2D eigenvalue weighted by molar-refractivity contribution is 5.15. The van der Waals surface area contributed by atoms with Gasteiger partial charge in [-0.25, -0.2) is 0 Å². The Balaban J connectivity index is 1.69. The lowest BCUT2D eigenvalue weighted by Crippen LogP contribution is -2.45. The van der Waals surface area contributed by atoms with Crippen LogP contribution in [0.5, 0.6) is 0 Å². The Morgan fingerprint density at radius 2 is 1.95 bits per heavy atom. The van der Waals surface area contributed by atoms with Gasteiger partial charge in [-0.15, -0.1) is 0 Å². The van der Waals surface area contributed by atoms with Crippen molar-refractivity contribution in [1.29, 1.82) is 0 Å². The van der Waals surface area contributed by atoms with Gasteiger partial charge in [-0.05, 0) is 12.0 Å². The van der Waals surface area contributed by atoms with Crippen molar-refractivity contribution in [3.63, 3.8) is 0 Å². The van der Waals surface area contributed by atoms with Crippen LogP contribution in [-0.2, 0) is 11.4 Å². The van der Waals surface area contributed by atoms with E-state index < -0.39 is 30.8 Å². The standard InChI is InChI=1S/C16H23NO5/c18-8-13(19)15(20)12-6-11-9-22-17(14(11)16(12)21)7-10-4-2-1-3-5-10/h1-5,11-16,18-21H,6-9H2/t11-,12+,13?,14+,15?,16-/m1/s1. The Bertz CT molecular complexity index is 485. The maximum atomic E-state index is 10.5. The molecule has 4 N–H and O–H groups in total. The van der Waals surface area contributed by atoms with Gasteiger partial charge in [0.1, 0.15) is 6.10 Å². The molecule has 1 aromatic rings. The average Bonchev–Trinajstić information content (AvgIpc) is 3.08. The Kier molecular flexibility index (Phi) is 4.77. The predicted molar refractivity (Wildman–Crippen MR) is 78.4 cm³/mol. The molecule has 3 rings (SSSR count). The molecular weight excluding hydrogens is 286 g/mol. The maximum absolute atomic E-state index is 10.5. The first kappa shape index (κ1) is 15.9. The minimum atomic E-state index is -1.22. The van der Waals surface area contributed by atoms with E-state index in [4.69, 9.17) is 9.94 Å². The van der Waals surface area contributed by atoms with Crippen molar-refractivity contribution >= 4 is 0 Å². The number of fused-ring (bicyclic) bond motifs is 1. The summed E-state index contributed by atoms with van der Waals surface area (Å²) < 4.78 is 0. The highest BCUT2D eigenvalue weighted by Crippen LogP contribution is 2.42. The molecule has 2 aliphatic rings. The van der Waals surface area contributed by atoms with E-state index in [2.05, 4.69) is 0 Å². The molecule has 1 heterocycles. The molecule has 6 atom stereocenters. The quantitative estimate of drug-likeness (QED) is 0.587. The molecule has 0 spiro atoms. The summed E-state index contributed by atoms with van der Waals surface area (Å²) in [6.07, 6.45) is -2.55. The number of aliphatic hydroxyl groups excluding tert-OH is 4. The van der Waals surface area contributed by atoms with Crippen molar-refractivity contribution < 1.29 is 25.3 Å². The third-order valence-electron chi connectivity index (χ3n) is 4.83. The van der Waals surface area contributed by atoms with E-state index in [0.717, 1.165) is 5.56 Å². The van der Waals surface area contributed by atoms with Gasteiger partial charge in [-0.1, -0.05) is 30.3 Å². The second-order valence-corrected chi connectivity index (χ2v) is 6.24. The summed E-state index contributed by atoms with van der Waals surface area (Å²) in [4.78, 5) is 5.69. The Hall–Kier alpha value is -1.02. The summed E-state index contributed by atoms with van der Waals surface area (Å²) in [5, 5.41) is 41.0. The fourth-order valence-electron chi connectivity index (χ4n) is 3.66. The third-order valence-corrected chi connectivity index (χ3v) is 4.83. The van der Waals surface area contributed by atoms with Crippen molar-refractivity contribution in [3.05, 3.63) is 35.9 Å². The molecule has 1 aliphatic heterocycles. The minimum Gasteiger partial charge on any atom is -0.394 e. The van der Waals surface area contributed by atoms with Gasteiger partial charge in [0.2, 0.25) is 0 Å². The van der Waals surface area contributed by atoms with E-state index in [9.17, 15) is 15.3 Å². The van der Waals surface area contributed by atoms with E-state index in [-0.39, 0.29) is 12.0 Å². The second kappa shape index (κ2) is 6.62. The van der Waals surface area contributed by atoms with Crippen LogP contribution in [0.2, 0.25) is 0 Å². The number of hydroxylamine groups is 2. The van der Waals surface area contributed by atoms with E-state index in [1.54, 1.807) is 5.06 Å². The number of aliphatic hydroxyl groups is 4. The van der Waals surface area contributed by atoms with Crippen LogP contribution in [0.25, 0.3) is 0 Å². The fourth-order valence-corrected chi connectivity index (χ4v) is 3.66. The molecule has 0 bridgehead atoms. The molecule has 0 aromatic heterocycles. The summed E-state index contributed by atoms with van der Waals surface area (Å²) in [5.74, 6) is -0.316. The van der Waals surface area contributed by atoms with Gasteiger partial charge < -0.3 is 20.4 Å². The van der Waals surface area contributed by atoms with Crippen LogP contribution >= 0.6 is 0 Å². The molecule has 0 radical (unpaired) electrons. The van der Waals surface area contributed by atoms with Crippen LogP contribution in [-0.4, -0.2) is 63.1 Å². The molecule has 1 saturated carbocycles. The molecule has 0 amide bonds. The van der Waals surface area contributed by atoms with Gasteiger partial charge in [0.05, 0.1) is 31.5 Å². The van der Waals surface area contributed by atoms with Crippen molar-refractivity contribution in [2.75, 3.05) is 13.2 Å². The molecule has 1 aliphatic carbocycles. The van der Waals surface area contributed by atoms with Crippen molar-refractivity contribution in [1.82, 2.24) is 5.06 Å². The Morgan fingerprint density at radius 3 is 2.64 bits per heavy atom. The number of hydrogen-bond donors (Lipinski definition) is 4. The largest absolute Gasteiger partial charge is 0.394 e. The summed E-state index contributed by atoms with van der Waals surface area (Å²) >= 11 is 0. The molecule has 2 unspecified atom stereocenters. The normalized spacial score (nSPS) is 34.5. The number of benzene rings is 1. The lowest BCUT2D eigenvalue weighted by molar-refractivity contribution is -0.169. The first-order valence-electron chi connectivity index (χ1n) is 7.70.